The first-order chi connectivity index (χ1) is 9.82. The van der Waals surface area contributed by atoms with Crippen molar-refractivity contribution in [3.05, 3.63) is 28.0 Å². The van der Waals surface area contributed by atoms with E-state index in [0.29, 0.717) is 16.1 Å². The van der Waals surface area contributed by atoms with Gasteiger partial charge in [0.2, 0.25) is 5.91 Å². The number of carbonyl (C=O) groups is 1. The number of benzene rings is 1. The molecule has 1 aliphatic heterocycles. The minimum absolute atomic E-state index is 0.0546. The van der Waals surface area contributed by atoms with Gasteiger partial charge in [-0.15, -0.1) is 0 Å². The minimum Gasteiger partial charge on any atom is -0.325 e. The van der Waals surface area contributed by atoms with Crippen molar-refractivity contribution in [3.63, 3.8) is 0 Å². The fourth-order valence-electron chi connectivity index (χ4n) is 2.72. The van der Waals surface area contributed by atoms with Crippen molar-refractivity contribution in [1.29, 1.82) is 0 Å². The summed E-state index contributed by atoms with van der Waals surface area (Å²) in [6.07, 6.45) is 2.13. The summed E-state index contributed by atoms with van der Waals surface area (Å²) >= 11 is 3.15. The van der Waals surface area contributed by atoms with Crippen molar-refractivity contribution >= 4 is 27.5 Å². The van der Waals surface area contributed by atoms with Crippen LogP contribution in [0.3, 0.4) is 0 Å². The third-order valence-electron chi connectivity index (χ3n) is 4.42. The van der Waals surface area contributed by atoms with Gasteiger partial charge in [-0.25, -0.2) is 4.39 Å². The highest BCUT2D eigenvalue weighted by Crippen LogP contribution is 2.34. The Morgan fingerprint density at radius 3 is 2.81 bits per heavy atom. The summed E-state index contributed by atoms with van der Waals surface area (Å²) in [6, 6.07) is 3.05. The van der Waals surface area contributed by atoms with Gasteiger partial charge in [-0.2, -0.15) is 0 Å². The molecule has 2 N–H and O–H groups in total. The molecule has 1 aromatic carbocycles. The fraction of sp³-hybridized carbons (Fsp3) is 0.562. The quantitative estimate of drug-likeness (QED) is 0.863. The third kappa shape index (κ3) is 3.64. The number of rotatable bonds is 3. The first-order valence-corrected chi connectivity index (χ1v) is 8.09. The lowest BCUT2D eigenvalue weighted by Crippen LogP contribution is -2.44. The number of carbonyl (C=O) groups excluding carboxylic acids is 1. The predicted octanol–water partition coefficient (Wildman–Crippen LogP) is 3.86. The van der Waals surface area contributed by atoms with Crippen molar-refractivity contribution in [1.82, 2.24) is 5.32 Å². The van der Waals surface area contributed by atoms with Crippen LogP contribution in [-0.2, 0) is 4.79 Å². The van der Waals surface area contributed by atoms with Gasteiger partial charge in [0.25, 0.3) is 0 Å². The maximum absolute atomic E-state index is 13.7. The molecule has 0 bridgehead atoms. The van der Waals surface area contributed by atoms with Crippen LogP contribution in [0.25, 0.3) is 0 Å². The van der Waals surface area contributed by atoms with Gasteiger partial charge in [-0.1, -0.05) is 13.8 Å². The molecule has 1 amide bonds. The molecule has 0 spiro atoms. The molecule has 0 aliphatic carbocycles. The second kappa shape index (κ2) is 6.44. The van der Waals surface area contributed by atoms with E-state index < -0.39 is 5.41 Å². The molecule has 1 fully saturated rings. The van der Waals surface area contributed by atoms with E-state index in [9.17, 15) is 9.18 Å². The first-order valence-electron chi connectivity index (χ1n) is 7.30. The van der Waals surface area contributed by atoms with Crippen LogP contribution in [0.5, 0.6) is 0 Å². The normalized spacial score (nSPS) is 19.4. The smallest absolute Gasteiger partial charge is 0.230 e. The van der Waals surface area contributed by atoms with Gasteiger partial charge in [-0.05, 0) is 72.4 Å². The Hall–Kier alpha value is -0.940. The topological polar surface area (TPSA) is 41.1 Å². The zero-order valence-electron chi connectivity index (χ0n) is 12.7. The summed E-state index contributed by atoms with van der Waals surface area (Å²) in [4.78, 5) is 12.6. The van der Waals surface area contributed by atoms with E-state index in [0.717, 1.165) is 31.5 Å². The molecular formula is C16H22BrFN2O. The van der Waals surface area contributed by atoms with Crippen LogP contribution in [-0.4, -0.2) is 19.0 Å². The fourth-order valence-corrected chi connectivity index (χ4v) is 3.18. The average molecular weight is 357 g/mol. The van der Waals surface area contributed by atoms with Crippen LogP contribution >= 0.6 is 15.9 Å². The number of aryl methyl sites for hydroxylation is 1. The van der Waals surface area contributed by atoms with Gasteiger partial charge in [0, 0.05) is 11.1 Å². The summed E-state index contributed by atoms with van der Waals surface area (Å²) in [5.41, 5.74) is 0.899. The number of hydrogen-bond acceptors (Lipinski definition) is 2. The lowest BCUT2D eigenvalue weighted by Gasteiger charge is -2.36. The monoisotopic (exact) mass is 356 g/mol. The molecule has 3 nitrogen and oxygen atoms in total. The second-order valence-corrected chi connectivity index (χ2v) is 7.15. The Labute approximate surface area is 133 Å². The van der Waals surface area contributed by atoms with Gasteiger partial charge in [0.05, 0.1) is 4.47 Å². The lowest BCUT2D eigenvalue weighted by molar-refractivity contribution is -0.127. The molecule has 0 aromatic heterocycles. The zero-order chi connectivity index (χ0) is 15.6. The maximum atomic E-state index is 13.7. The van der Waals surface area contributed by atoms with Crippen molar-refractivity contribution in [2.75, 3.05) is 18.4 Å². The van der Waals surface area contributed by atoms with Crippen molar-refractivity contribution in [3.8, 4) is 0 Å². The molecule has 0 saturated carbocycles. The summed E-state index contributed by atoms with van der Waals surface area (Å²) < 4.78 is 14.1. The van der Waals surface area contributed by atoms with Gasteiger partial charge in [0.1, 0.15) is 5.82 Å². The summed E-state index contributed by atoms with van der Waals surface area (Å²) in [6.45, 7) is 7.66. The highest BCUT2D eigenvalue weighted by Gasteiger charge is 2.37. The van der Waals surface area contributed by atoms with Crippen LogP contribution in [0.15, 0.2) is 16.6 Å². The van der Waals surface area contributed by atoms with E-state index in [1.165, 1.54) is 6.07 Å². The number of hydrogen-bond donors (Lipinski definition) is 2. The zero-order valence-corrected chi connectivity index (χ0v) is 14.3. The molecule has 116 valence electrons. The molecule has 1 aliphatic rings. The number of halogens is 2. The van der Waals surface area contributed by atoms with E-state index in [1.807, 2.05) is 20.8 Å². The molecule has 1 unspecified atom stereocenters. The predicted molar refractivity (Wildman–Crippen MR) is 86.8 cm³/mol. The van der Waals surface area contributed by atoms with Crippen molar-refractivity contribution in [2.45, 2.75) is 33.6 Å². The Morgan fingerprint density at radius 2 is 2.19 bits per heavy atom. The van der Waals surface area contributed by atoms with E-state index in [-0.39, 0.29) is 11.7 Å². The maximum Gasteiger partial charge on any atom is 0.230 e. The Balaban J connectivity index is 2.15. The Bertz CT molecular complexity index is 539. The lowest BCUT2D eigenvalue weighted by atomic mass is 9.74. The highest BCUT2D eigenvalue weighted by molar-refractivity contribution is 9.10. The second-order valence-electron chi connectivity index (χ2n) is 6.30. The van der Waals surface area contributed by atoms with Crippen LogP contribution < -0.4 is 10.6 Å². The van der Waals surface area contributed by atoms with E-state index in [1.54, 1.807) is 6.07 Å². The van der Waals surface area contributed by atoms with Crippen molar-refractivity contribution < 1.29 is 9.18 Å². The summed E-state index contributed by atoms with van der Waals surface area (Å²) in [5, 5.41) is 6.23. The molecule has 1 atom stereocenters. The van der Waals surface area contributed by atoms with Gasteiger partial charge >= 0.3 is 0 Å². The number of anilines is 1. The van der Waals surface area contributed by atoms with E-state index >= 15 is 0 Å². The van der Waals surface area contributed by atoms with Crippen LogP contribution in [0.2, 0.25) is 0 Å². The molecule has 5 heteroatoms. The molecule has 2 rings (SSSR count). The largest absolute Gasteiger partial charge is 0.325 e. The molecule has 21 heavy (non-hydrogen) atoms. The Morgan fingerprint density at radius 1 is 1.48 bits per heavy atom. The molecule has 1 saturated heterocycles. The summed E-state index contributed by atoms with van der Waals surface area (Å²) in [7, 11) is 0. The standard InChI is InChI=1S/C16H22BrFN2O/c1-10-7-12(17)13(18)8-14(10)20-15(21)16(2,3)11-5-4-6-19-9-11/h7-8,11,19H,4-6,9H2,1-3H3,(H,20,21). The van der Waals surface area contributed by atoms with Gasteiger partial charge in [0.15, 0.2) is 0 Å². The SMILES string of the molecule is Cc1cc(Br)c(F)cc1NC(=O)C(C)(C)C1CCCNC1. The van der Waals surface area contributed by atoms with E-state index in [4.69, 9.17) is 0 Å². The van der Waals surface area contributed by atoms with Gasteiger partial charge in [-0.3, -0.25) is 4.79 Å². The summed E-state index contributed by atoms with van der Waals surface area (Å²) in [5.74, 6) is -0.124. The first kappa shape index (κ1) is 16.4. The van der Waals surface area contributed by atoms with Gasteiger partial charge < -0.3 is 10.6 Å². The number of amides is 1. The van der Waals surface area contributed by atoms with Crippen LogP contribution in [0.1, 0.15) is 32.3 Å². The number of nitrogens with one attached hydrogen (secondary N) is 2. The Kier molecular flexibility index (Phi) is 5.04. The highest BCUT2D eigenvalue weighted by atomic mass is 79.9. The molecule has 1 heterocycles. The molecular weight excluding hydrogens is 335 g/mol. The van der Waals surface area contributed by atoms with Crippen molar-refractivity contribution in [2.24, 2.45) is 11.3 Å². The number of piperidine rings is 1. The van der Waals surface area contributed by atoms with E-state index in [2.05, 4.69) is 26.6 Å². The molecule has 0 radical (unpaired) electrons. The minimum atomic E-state index is -0.483. The average Bonchev–Trinajstić information content (AvgIpc) is 2.45. The van der Waals surface area contributed by atoms with Crippen LogP contribution in [0, 0.1) is 24.1 Å². The van der Waals surface area contributed by atoms with Crippen LogP contribution in [0.4, 0.5) is 10.1 Å². The molecule has 1 aromatic rings. The third-order valence-corrected chi connectivity index (χ3v) is 5.03.